The summed E-state index contributed by atoms with van der Waals surface area (Å²) < 4.78 is 6.06. The van der Waals surface area contributed by atoms with Gasteiger partial charge in [-0.05, 0) is 38.0 Å². The summed E-state index contributed by atoms with van der Waals surface area (Å²) in [5.41, 5.74) is 0.541. The number of carbonyl (C=O) groups is 1. The second-order valence-electron chi connectivity index (χ2n) is 4.02. The minimum absolute atomic E-state index is 0.124. The molecule has 1 amide bonds. The SMILES string of the molecule is COc1cc(Br)ccc1C(=O)NCCCC(C)Cl. The first kappa shape index (κ1) is 15.3. The Morgan fingerprint density at radius 3 is 2.89 bits per heavy atom. The molecule has 0 radical (unpaired) electrons. The van der Waals surface area contributed by atoms with Crippen molar-refractivity contribution >= 4 is 33.4 Å². The smallest absolute Gasteiger partial charge is 0.255 e. The summed E-state index contributed by atoms with van der Waals surface area (Å²) in [5, 5.41) is 3.00. The van der Waals surface area contributed by atoms with Gasteiger partial charge in [0.2, 0.25) is 0 Å². The maximum absolute atomic E-state index is 11.9. The maximum Gasteiger partial charge on any atom is 0.255 e. The van der Waals surface area contributed by atoms with Crippen LogP contribution in [0, 0.1) is 0 Å². The lowest BCUT2D eigenvalue weighted by molar-refractivity contribution is 0.0950. The molecule has 100 valence electrons. The lowest BCUT2D eigenvalue weighted by atomic mass is 10.2. The molecule has 0 aliphatic heterocycles. The third-order valence-corrected chi connectivity index (χ3v) is 3.18. The van der Waals surface area contributed by atoms with Crippen LogP contribution < -0.4 is 10.1 Å². The number of alkyl halides is 1. The molecule has 0 spiro atoms. The third-order valence-electron chi connectivity index (χ3n) is 2.47. The molecule has 0 bridgehead atoms. The highest BCUT2D eigenvalue weighted by atomic mass is 79.9. The van der Waals surface area contributed by atoms with Crippen molar-refractivity contribution in [3.8, 4) is 5.75 Å². The molecule has 0 heterocycles. The van der Waals surface area contributed by atoms with Crippen molar-refractivity contribution in [2.24, 2.45) is 0 Å². The minimum atomic E-state index is -0.124. The predicted octanol–water partition coefficient (Wildman–Crippen LogP) is 3.60. The fourth-order valence-corrected chi connectivity index (χ4v) is 2.03. The molecular weight excluding hydrogens is 318 g/mol. The molecule has 3 nitrogen and oxygen atoms in total. The van der Waals surface area contributed by atoms with E-state index in [0.29, 0.717) is 17.9 Å². The highest BCUT2D eigenvalue weighted by Crippen LogP contribution is 2.23. The quantitative estimate of drug-likeness (QED) is 0.638. The van der Waals surface area contributed by atoms with Gasteiger partial charge in [-0.2, -0.15) is 0 Å². The minimum Gasteiger partial charge on any atom is -0.496 e. The Hall–Kier alpha value is -0.740. The van der Waals surface area contributed by atoms with Crippen LogP contribution in [0.1, 0.15) is 30.1 Å². The number of benzene rings is 1. The Bertz CT molecular complexity index is 410. The number of rotatable bonds is 6. The molecule has 1 aromatic carbocycles. The fraction of sp³-hybridized carbons (Fsp3) is 0.462. The summed E-state index contributed by atoms with van der Waals surface area (Å²) >= 11 is 9.18. The summed E-state index contributed by atoms with van der Waals surface area (Å²) in [7, 11) is 1.55. The Morgan fingerprint density at radius 1 is 1.56 bits per heavy atom. The third kappa shape index (κ3) is 4.86. The van der Waals surface area contributed by atoms with Gasteiger partial charge >= 0.3 is 0 Å². The van der Waals surface area contributed by atoms with Gasteiger partial charge in [0.15, 0.2) is 0 Å². The van der Waals surface area contributed by atoms with Crippen LogP contribution in [0.3, 0.4) is 0 Å². The predicted molar refractivity (Wildman–Crippen MR) is 77.6 cm³/mol. The van der Waals surface area contributed by atoms with Gasteiger partial charge in [-0.3, -0.25) is 4.79 Å². The van der Waals surface area contributed by atoms with Crippen LogP contribution in [0.15, 0.2) is 22.7 Å². The lowest BCUT2D eigenvalue weighted by Gasteiger charge is -2.10. The van der Waals surface area contributed by atoms with Crippen molar-refractivity contribution in [2.75, 3.05) is 13.7 Å². The van der Waals surface area contributed by atoms with Crippen LogP contribution in [-0.4, -0.2) is 24.9 Å². The standard InChI is InChI=1S/C13H17BrClNO2/c1-9(15)4-3-7-16-13(17)11-6-5-10(14)8-12(11)18-2/h5-6,8-9H,3-4,7H2,1-2H3,(H,16,17). The molecule has 1 unspecified atom stereocenters. The summed E-state index contributed by atoms with van der Waals surface area (Å²) in [6.07, 6.45) is 1.76. The molecule has 0 aliphatic rings. The van der Waals surface area contributed by atoms with Gasteiger partial charge in [0.05, 0.1) is 12.7 Å². The van der Waals surface area contributed by atoms with Crippen molar-refractivity contribution in [2.45, 2.75) is 25.1 Å². The summed E-state index contributed by atoms with van der Waals surface area (Å²) in [5.74, 6) is 0.439. The summed E-state index contributed by atoms with van der Waals surface area (Å²) in [6, 6.07) is 5.33. The van der Waals surface area contributed by atoms with E-state index in [1.165, 1.54) is 0 Å². The molecule has 1 atom stereocenters. The number of amides is 1. The second kappa shape index (κ2) is 7.64. The largest absolute Gasteiger partial charge is 0.496 e. The van der Waals surface area contributed by atoms with E-state index in [9.17, 15) is 4.79 Å². The van der Waals surface area contributed by atoms with E-state index in [1.54, 1.807) is 19.2 Å². The van der Waals surface area contributed by atoms with E-state index in [4.69, 9.17) is 16.3 Å². The van der Waals surface area contributed by atoms with Crippen LogP contribution in [0.5, 0.6) is 5.75 Å². The first-order valence-corrected chi connectivity index (χ1v) is 7.03. The number of hydrogen-bond donors (Lipinski definition) is 1. The van der Waals surface area contributed by atoms with Crippen LogP contribution >= 0.6 is 27.5 Å². The molecule has 0 saturated heterocycles. The topological polar surface area (TPSA) is 38.3 Å². The first-order chi connectivity index (χ1) is 8.54. The van der Waals surface area contributed by atoms with Crippen LogP contribution in [-0.2, 0) is 0 Å². The van der Waals surface area contributed by atoms with Crippen LogP contribution in [0.4, 0.5) is 0 Å². The molecule has 0 saturated carbocycles. The zero-order valence-corrected chi connectivity index (χ0v) is 12.8. The van der Waals surface area contributed by atoms with Gasteiger partial charge in [0.1, 0.15) is 5.75 Å². The Morgan fingerprint density at radius 2 is 2.28 bits per heavy atom. The molecule has 1 rings (SSSR count). The highest BCUT2D eigenvalue weighted by molar-refractivity contribution is 9.10. The van der Waals surface area contributed by atoms with Crippen molar-refractivity contribution in [3.05, 3.63) is 28.2 Å². The molecule has 5 heteroatoms. The first-order valence-electron chi connectivity index (χ1n) is 5.80. The number of ether oxygens (including phenoxy) is 1. The zero-order valence-electron chi connectivity index (χ0n) is 10.5. The van der Waals surface area contributed by atoms with Gasteiger partial charge in [0.25, 0.3) is 5.91 Å². The molecule has 0 aromatic heterocycles. The van der Waals surface area contributed by atoms with E-state index in [-0.39, 0.29) is 11.3 Å². The Kier molecular flexibility index (Phi) is 6.50. The van der Waals surface area contributed by atoms with Gasteiger partial charge < -0.3 is 10.1 Å². The van der Waals surface area contributed by atoms with Crippen molar-refractivity contribution < 1.29 is 9.53 Å². The number of halogens is 2. The number of nitrogens with one attached hydrogen (secondary N) is 1. The maximum atomic E-state index is 11.9. The molecule has 1 aromatic rings. The van der Waals surface area contributed by atoms with E-state index in [0.717, 1.165) is 17.3 Å². The monoisotopic (exact) mass is 333 g/mol. The Balaban J connectivity index is 2.56. The molecule has 1 N–H and O–H groups in total. The molecular formula is C13H17BrClNO2. The number of methoxy groups -OCH3 is 1. The van der Waals surface area contributed by atoms with Crippen molar-refractivity contribution in [1.29, 1.82) is 0 Å². The average Bonchev–Trinajstić information content (AvgIpc) is 2.33. The van der Waals surface area contributed by atoms with Crippen molar-refractivity contribution in [3.63, 3.8) is 0 Å². The fourth-order valence-electron chi connectivity index (χ4n) is 1.53. The average molecular weight is 335 g/mol. The molecule has 0 fully saturated rings. The van der Waals surface area contributed by atoms with Crippen molar-refractivity contribution in [1.82, 2.24) is 5.32 Å². The number of carbonyl (C=O) groups excluding carboxylic acids is 1. The normalized spacial score (nSPS) is 12.0. The van der Waals surface area contributed by atoms with Gasteiger partial charge in [-0.15, -0.1) is 11.6 Å². The molecule has 18 heavy (non-hydrogen) atoms. The van der Waals surface area contributed by atoms with Gasteiger partial charge in [-0.1, -0.05) is 15.9 Å². The lowest BCUT2D eigenvalue weighted by Crippen LogP contribution is -2.25. The Labute approximate surface area is 121 Å². The van der Waals surface area contributed by atoms with Crippen LogP contribution in [0.25, 0.3) is 0 Å². The second-order valence-corrected chi connectivity index (χ2v) is 5.68. The van der Waals surface area contributed by atoms with Gasteiger partial charge in [0, 0.05) is 16.4 Å². The number of hydrogen-bond acceptors (Lipinski definition) is 2. The highest BCUT2D eigenvalue weighted by Gasteiger charge is 2.11. The zero-order chi connectivity index (χ0) is 13.5. The molecule has 0 aliphatic carbocycles. The summed E-state index contributed by atoms with van der Waals surface area (Å²) in [4.78, 5) is 11.9. The van der Waals surface area contributed by atoms with E-state index in [2.05, 4.69) is 21.2 Å². The van der Waals surface area contributed by atoms with E-state index in [1.807, 2.05) is 13.0 Å². The van der Waals surface area contributed by atoms with E-state index < -0.39 is 0 Å². The van der Waals surface area contributed by atoms with Gasteiger partial charge in [-0.25, -0.2) is 0 Å². The van der Waals surface area contributed by atoms with E-state index >= 15 is 0 Å². The summed E-state index contributed by atoms with van der Waals surface area (Å²) in [6.45, 7) is 2.57. The van der Waals surface area contributed by atoms with Crippen LogP contribution in [0.2, 0.25) is 0 Å².